The maximum Gasteiger partial charge on any atom is 0.407 e. The number of amides is 3. The fourth-order valence-electron chi connectivity index (χ4n) is 4.86. The molecule has 45 heavy (non-hydrogen) atoms. The molecule has 0 saturated carbocycles. The van der Waals surface area contributed by atoms with E-state index in [0.29, 0.717) is 25.4 Å². The molecule has 2 aromatic rings. The number of hydrogen-bond acceptors (Lipinski definition) is 11. The Kier molecular flexibility index (Phi) is 11.9. The van der Waals surface area contributed by atoms with Crippen LogP contribution in [-0.4, -0.2) is 77.7 Å². The molecule has 1 aliphatic rings. The molecule has 0 atom stereocenters. The number of rotatable bonds is 16. The lowest BCUT2D eigenvalue weighted by Crippen LogP contribution is -2.37. The van der Waals surface area contributed by atoms with Crippen LogP contribution in [0.4, 0.5) is 27.5 Å². The van der Waals surface area contributed by atoms with Crippen LogP contribution in [0.5, 0.6) is 11.5 Å². The van der Waals surface area contributed by atoms with Gasteiger partial charge in [0.15, 0.2) is 11.4 Å². The Morgan fingerprint density at radius 1 is 0.933 bits per heavy atom. The molecule has 0 spiro atoms. The second-order valence-electron chi connectivity index (χ2n) is 10.1. The SMILES string of the molecule is COc1cc(C(N)=O)cc([N+](=O)[O-])c1NC/C=C/CNc1c(OCCCC2CCN(C(=O)O)CC2)cc(C(N)=O)cc1[N+](=O)[O-]. The van der Waals surface area contributed by atoms with Gasteiger partial charge in [-0.3, -0.25) is 29.8 Å². The summed E-state index contributed by atoms with van der Waals surface area (Å²) in [5.41, 5.74) is 9.70. The van der Waals surface area contributed by atoms with E-state index >= 15 is 0 Å². The van der Waals surface area contributed by atoms with Crippen molar-refractivity contribution in [2.24, 2.45) is 17.4 Å². The molecular formula is C28H35N7O10. The minimum absolute atomic E-state index is 0.0333. The molecule has 1 fully saturated rings. The first-order valence-electron chi connectivity index (χ1n) is 13.9. The number of nitro benzene ring substituents is 2. The van der Waals surface area contributed by atoms with Crippen LogP contribution in [0.15, 0.2) is 36.4 Å². The van der Waals surface area contributed by atoms with Crippen LogP contribution >= 0.6 is 0 Å². The van der Waals surface area contributed by atoms with Crippen LogP contribution < -0.4 is 31.6 Å². The highest BCUT2D eigenvalue weighted by atomic mass is 16.6. The Morgan fingerprint density at radius 2 is 1.42 bits per heavy atom. The summed E-state index contributed by atoms with van der Waals surface area (Å²) in [6, 6.07) is 4.70. The minimum atomic E-state index is -0.931. The average Bonchev–Trinajstić information content (AvgIpc) is 3.00. The fraction of sp³-hybridized carbons (Fsp3) is 0.393. The van der Waals surface area contributed by atoms with Crippen molar-refractivity contribution in [2.75, 3.05) is 50.5 Å². The van der Waals surface area contributed by atoms with Gasteiger partial charge in [-0.05, 0) is 43.7 Å². The topological polar surface area (TPSA) is 256 Å². The van der Waals surface area contributed by atoms with Crippen molar-refractivity contribution in [3.63, 3.8) is 0 Å². The zero-order valence-electron chi connectivity index (χ0n) is 24.5. The van der Waals surface area contributed by atoms with Gasteiger partial charge in [-0.25, -0.2) is 4.79 Å². The number of benzene rings is 2. The largest absolute Gasteiger partial charge is 0.494 e. The van der Waals surface area contributed by atoms with Crippen molar-refractivity contribution >= 4 is 40.7 Å². The van der Waals surface area contributed by atoms with E-state index in [0.717, 1.165) is 31.4 Å². The normalized spacial score (nSPS) is 13.3. The molecule has 17 nitrogen and oxygen atoms in total. The summed E-state index contributed by atoms with van der Waals surface area (Å²) in [6.07, 6.45) is 5.15. The third kappa shape index (κ3) is 9.19. The van der Waals surface area contributed by atoms with Gasteiger partial charge in [0.1, 0.15) is 11.5 Å². The van der Waals surface area contributed by atoms with E-state index in [9.17, 15) is 34.6 Å². The first kappa shape index (κ1) is 33.9. The van der Waals surface area contributed by atoms with Gasteiger partial charge in [0.05, 0.1) is 23.6 Å². The monoisotopic (exact) mass is 629 g/mol. The molecule has 17 heteroatoms. The number of nitrogens with zero attached hydrogens (tertiary/aromatic N) is 3. The van der Waals surface area contributed by atoms with Crippen LogP contribution in [0.1, 0.15) is 46.4 Å². The van der Waals surface area contributed by atoms with Gasteiger partial charge in [-0.1, -0.05) is 12.2 Å². The molecule has 242 valence electrons. The summed E-state index contributed by atoms with van der Waals surface area (Å²) in [5, 5.41) is 38.3. The smallest absolute Gasteiger partial charge is 0.407 e. The number of hydrogen-bond donors (Lipinski definition) is 5. The lowest BCUT2D eigenvalue weighted by atomic mass is 9.92. The van der Waals surface area contributed by atoms with E-state index in [-0.39, 0.29) is 53.7 Å². The lowest BCUT2D eigenvalue weighted by molar-refractivity contribution is -0.384. The molecule has 1 saturated heterocycles. The molecule has 0 aliphatic carbocycles. The van der Waals surface area contributed by atoms with Crippen LogP contribution in [0.3, 0.4) is 0 Å². The molecule has 2 aromatic carbocycles. The first-order chi connectivity index (χ1) is 21.4. The van der Waals surface area contributed by atoms with Crippen LogP contribution in [0.25, 0.3) is 0 Å². The van der Waals surface area contributed by atoms with E-state index < -0.39 is 39.1 Å². The van der Waals surface area contributed by atoms with Crippen molar-refractivity contribution in [3.8, 4) is 11.5 Å². The second kappa shape index (κ2) is 15.7. The molecule has 0 radical (unpaired) electrons. The number of anilines is 2. The second-order valence-corrected chi connectivity index (χ2v) is 10.1. The van der Waals surface area contributed by atoms with Gasteiger partial charge in [0.2, 0.25) is 11.8 Å². The highest BCUT2D eigenvalue weighted by Gasteiger charge is 2.25. The fourth-order valence-corrected chi connectivity index (χ4v) is 4.86. The molecule has 1 heterocycles. The number of nitro groups is 2. The number of carboxylic acid groups (broad SMARTS) is 1. The molecule has 0 aromatic heterocycles. The standard InChI is InChI=1S/C28H35N7O10/c1-44-22-15-18(26(29)36)13-20(34(40)41)24(22)31-8-2-3-9-32-25-21(35(42)43)14-19(27(30)37)16-23(25)45-12-4-5-17-6-10-33(11-7-17)28(38)39/h2-3,13-17,31-32H,4-12H2,1H3,(H2,29,36)(H2,30,37)(H,38,39)/b3-2+. The lowest BCUT2D eigenvalue weighted by Gasteiger charge is -2.29. The van der Waals surface area contributed by atoms with Gasteiger partial charge in [-0.2, -0.15) is 0 Å². The Bertz CT molecular complexity index is 1470. The van der Waals surface area contributed by atoms with Crippen molar-refractivity contribution in [3.05, 3.63) is 67.8 Å². The quantitative estimate of drug-likeness (QED) is 0.0775. The maximum absolute atomic E-state index is 11.9. The highest BCUT2D eigenvalue weighted by Crippen LogP contribution is 2.37. The molecule has 3 amide bonds. The molecule has 0 unspecified atom stereocenters. The third-order valence-electron chi connectivity index (χ3n) is 7.20. The maximum atomic E-state index is 11.9. The summed E-state index contributed by atoms with van der Waals surface area (Å²) in [4.78, 5) is 57.9. The summed E-state index contributed by atoms with van der Waals surface area (Å²) in [5.74, 6) is -1.27. The van der Waals surface area contributed by atoms with E-state index in [1.165, 1.54) is 24.1 Å². The molecular weight excluding hydrogens is 594 g/mol. The number of ether oxygens (including phenoxy) is 2. The van der Waals surface area contributed by atoms with Crippen LogP contribution in [0, 0.1) is 26.1 Å². The van der Waals surface area contributed by atoms with Gasteiger partial charge in [0.25, 0.3) is 11.4 Å². The molecule has 1 aliphatic heterocycles. The number of nitrogens with two attached hydrogens (primary N) is 2. The number of methoxy groups -OCH3 is 1. The number of carbonyl (C=O) groups excluding carboxylic acids is 2. The zero-order valence-corrected chi connectivity index (χ0v) is 24.5. The van der Waals surface area contributed by atoms with E-state index in [1.54, 1.807) is 12.2 Å². The van der Waals surface area contributed by atoms with Crippen LogP contribution in [0.2, 0.25) is 0 Å². The molecule has 0 bridgehead atoms. The summed E-state index contributed by atoms with van der Waals surface area (Å²) < 4.78 is 11.0. The number of piperidine rings is 1. The number of nitrogens with one attached hydrogen (secondary N) is 2. The summed E-state index contributed by atoms with van der Waals surface area (Å²) in [6.45, 7) is 1.30. The van der Waals surface area contributed by atoms with E-state index in [4.69, 9.17) is 26.0 Å². The van der Waals surface area contributed by atoms with Crippen molar-refractivity contribution < 1.29 is 38.8 Å². The van der Waals surface area contributed by atoms with Crippen molar-refractivity contribution in [2.45, 2.75) is 25.7 Å². The minimum Gasteiger partial charge on any atom is -0.494 e. The van der Waals surface area contributed by atoms with E-state index in [1.807, 2.05) is 0 Å². The Morgan fingerprint density at radius 3 is 1.87 bits per heavy atom. The first-order valence-corrected chi connectivity index (χ1v) is 13.9. The predicted octanol–water partition coefficient (Wildman–Crippen LogP) is 3.34. The number of carbonyl (C=O) groups is 3. The number of likely N-dealkylation sites (tertiary alicyclic amines) is 1. The van der Waals surface area contributed by atoms with E-state index in [2.05, 4.69) is 10.6 Å². The Balaban J connectivity index is 1.66. The summed E-state index contributed by atoms with van der Waals surface area (Å²) >= 11 is 0. The molecule has 7 N–H and O–H groups in total. The Hall–Kier alpha value is -5.61. The summed E-state index contributed by atoms with van der Waals surface area (Å²) in [7, 11) is 1.29. The van der Waals surface area contributed by atoms with Crippen molar-refractivity contribution in [1.82, 2.24) is 4.90 Å². The number of primary amides is 2. The predicted molar refractivity (Wildman–Crippen MR) is 163 cm³/mol. The zero-order chi connectivity index (χ0) is 33.1. The molecule has 3 rings (SSSR count). The highest BCUT2D eigenvalue weighted by molar-refractivity contribution is 5.96. The average molecular weight is 630 g/mol. The van der Waals surface area contributed by atoms with Crippen molar-refractivity contribution in [1.29, 1.82) is 0 Å². The van der Waals surface area contributed by atoms with Gasteiger partial charge < -0.3 is 41.6 Å². The Labute approximate surface area is 257 Å². The van der Waals surface area contributed by atoms with Gasteiger partial charge in [-0.15, -0.1) is 0 Å². The van der Waals surface area contributed by atoms with Crippen LogP contribution in [-0.2, 0) is 0 Å². The third-order valence-corrected chi connectivity index (χ3v) is 7.20. The van der Waals surface area contributed by atoms with Gasteiger partial charge >= 0.3 is 6.09 Å². The van der Waals surface area contributed by atoms with Gasteiger partial charge in [0, 0.05) is 49.4 Å².